The van der Waals surface area contributed by atoms with Crippen LogP contribution in [-0.2, 0) is 5.41 Å². The Balaban J connectivity index is 1.13. The third kappa shape index (κ3) is 7.00. The number of nitrogens with zero attached hydrogens (tertiary/aromatic N) is 2. The van der Waals surface area contributed by atoms with Crippen LogP contribution >= 0.6 is 0 Å². The Morgan fingerprint density at radius 2 is 0.864 bits per heavy atom. The van der Waals surface area contributed by atoms with Gasteiger partial charge in [-0.05, 0) is 128 Å². The molecule has 0 atom stereocenters. The van der Waals surface area contributed by atoms with Crippen molar-refractivity contribution in [3.63, 3.8) is 0 Å². The van der Waals surface area contributed by atoms with Crippen LogP contribution < -0.4 is 9.80 Å². The monoisotopic (exact) mass is 758 g/mol. The van der Waals surface area contributed by atoms with Crippen LogP contribution in [0.25, 0.3) is 44.5 Å². The number of hydrogen-bond acceptors (Lipinski definition) is 2. The van der Waals surface area contributed by atoms with Crippen LogP contribution in [0, 0.1) is 0 Å². The highest BCUT2D eigenvalue weighted by molar-refractivity contribution is 5.90. The van der Waals surface area contributed by atoms with Gasteiger partial charge in [-0.25, -0.2) is 0 Å². The van der Waals surface area contributed by atoms with Crippen molar-refractivity contribution in [2.75, 3.05) is 9.80 Å². The summed E-state index contributed by atoms with van der Waals surface area (Å²) >= 11 is 0. The summed E-state index contributed by atoms with van der Waals surface area (Å²) in [5.74, 6) is 0. The minimum Gasteiger partial charge on any atom is -0.311 e. The largest absolute Gasteiger partial charge is 0.311 e. The van der Waals surface area contributed by atoms with Gasteiger partial charge >= 0.3 is 0 Å². The summed E-state index contributed by atoms with van der Waals surface area (Å²) in [5.41, 5.74) is 18.5. The molecule has 59 heavy (non-hydrogen) atoms. The van der Waals surface area contributed by atoms with Crippen molar-refractivity contribution in [3.8, 4) is 44.5 Å². The Morgan fingerprint density at radius 1 is 0.407 bits per heavy atom. The lowest BCUT2D eigenvalue weighted by atomic mass is 9.82. The molecule has 0 bridgehead atoms. The van der Waals surface area contributed by atoms with Crippen LogP contribution in [0.2, 0.25) is 0 Å². The Morgan fingerprint density at radius 3 is 1.49 bits per heavy atom. The minimum absolute atomic E-state index is 0.128. The first-order valence-corrected chi connectivity index (χ1v) is 20.2. The fraction of sp³-hybridized carbons (Fsp3) is 0.0526. The van der Waals surface area contributed by atoms with Crippen LogP contribution in [0.3, 0.4) is 0 Å². The van der Waals surface area contributed by atoms with E-state index in [-0.39, 0.29) is 5.41 Å². The Bertz CT molecular complexity index is 2800. The highest BCUT2D eigenvalue weighted by Gasteiger charge is 2.35. The Hall–Kier alpha value is -7.42. The first-order chi connectivity index (χ1) is 28.9. The lowest BCUT2D eigenvalue weighted by Gasteiger charge is -2.29. The summed E-state index contributed by atoms with van der Waals surface area (Å²) in [7, 11) is 0. The molecule has 0 aromatic heterocycles. The van der Waals surface area contributed by atoms with Crippen molar-refractivity contribution in [3.05, 3.63) is 248 Å². The van der Waals surface area contributed by atoms with Crippen molar-refractivity contribution in [2.45, 2.75) is 19.3 Å². The van der Waals surface area contributed by atoms with Gasteiger partial charge in [0.15, 0.2) is 0 Å². The van der Waals surface area contributed by atoms with Crippen LogP contribution in [0.15, 0.2) is 237 Å². The summed E-state index contributed by atoms with van der Waals surface area (Å²) < 4.78 is 0. The standard InChI is InChI=1S/C57H46N2/c1-5-18-45(6-2)58(50-36-38-53-52-25-16-17-26-55(52)57(3,4)56(53)40-50)49-35-37-51(54(39-49)43-21-12-8-13-22-43)44-29-33-48(34-30-44)59(46-23-14-9-15-24-46)47-31-27-42(28-32-47)41-19-10-7-11-20-41/h5-40H,1-2H2,3-4H3/b45-18+. The molecule has 0 radical (unpaired) electrons. The van der Waals surface area contributed by atoms with E-state index in [1.54, 1.807) is 0 Å². The van der Waals surface area contributed by atoms with Crippen LogP contribution in [0.4, 0.5) is 28.4 Å². The van der Waals surface area contributed by atoms with E-state index in [0.717, 1.165) is 56.4 Å². The number of para-hydroxylation sites is 1. The van der Waals surface area contributed by atoms with E-state index in [1.807, 2.05) is 18.2 Å². The van der Waals surface area contributed by atoms with E-state index in [2.05, 4.69) is 237 Å². The van der Waals surface area contributed by atoms with E-state index in [4.69, 9.17) is 0 Å². The molecular weight excluding hydrogens is 713 g/mol. The molecule has 1 aliphatic rings. The fourth-order valence-corrected chi connectivity index (χ4v) is 8.66. The maximum atomic E-state index is 4.25. The lowest BCUT2D eigenvalue weighted by Crippen LogP contribution is -2.18. The van der Waals surface area contributed by atoms with Crippen LogP contribution in [0.5, 0.6) is 0 Å². The number of anilines is 5. The topological polar surface area (TPSA) is 6.48 Å². The highest BCUT2D eigenvalue weighted by Crippen LogP contribution is 2.50. The van der Waals surface area contributed by atoms with E-state index in [9.17, 15) is 0 Å². The SMILES string of the molecule is C=C/C=C(\C=C)N(c1ccc(-c2ccc(N(c3ccccc3)c3ccc(-c4ccccc4)cc3)cc2)c(-c2ccccc2)c1)c1ccc2c(c1)C(C)(C)c1ccccc1-2. The zero-order valence-electron chi connectivity index (χ0n) is 33.6. The molecule has 8 aromatic carbocycles. The predicted molar refractivity (Wildman–Crippen MR) is 252 cm³/mol. The van der Waals surface area contributed by atoms with Crippen LogP contribution in [-0.4, -0.2) is 0 Å². The molecule has 284 valence electrons. The number of hydrogen-bond donors (Lipinski definition) is 0. The average molecular weight is 759 g/mol. The number of rotatable bonds is 11. The Kier molecular flexibility index (Phi) is 9.98. The molecule has 0 spiro atoms. The molecular formula is C57H46N2. The molecule has 0 saturated carbocycles. The molecule has 0 heterocycles. The van der Waals surface area contributed by atoms with Gasteiger partial charge in [-0.15, -0.1) is 0 Å². The van der Waals surface area contributed by atoms with Crippen molar-refractivity contribution in [1.29, 1.82) is 0 Å². The summed E-state index contributed by atoms with van der Waals surface area (Å²) in [5, 5.41) is 0. The van der Waals surface area contributed by atoms with Crippen molar-refractivity contribution in [2.24, 2.45) is 0 Å². The third-order valence-corrected chi connectivity index (χ3v) is 11.6. The zero-order chi connectivity index (χ0) is 40.3. The number of allylic oxidation sites excluding steroid dienone is 3. The second-order valence-corrected chi connectivity index (χ2v) is 15.5. The molecule has 8 aromatic rings. The minimum atomic E-state index is -0.128. The molecule has 2 nitrogen and oxygen atoms in total. The van der Waals surface area contributed by atoms with Gasteiger partial charge in [-0.2, -0.15) is 0 Å². The van der Waals surface area contributed by atoms with E-state index in [1.165, 1.54) is 33.4 Å². The quantitative estimate of drug-likeness (QED) is 0.121. The van der Waals surface area contributed by atoms with Gasteiger partial charge in [-0.1, -0.05) is 173 Å². The van der Waals surface area contributed by atoms with Crippen molar-refractivity contribution >= 4 is 28.4 Å². The summed E-state index contributed by atoms with van der Waals surface area (Å²) in [6, 6.07) is 72.0. The van der Waals surface area contributed by atoms with Crippen molar-refractivity contribution in [1.82, 2.24) is 0 Å². The number of fused-ring (bicyclic) bond motifs is 3. The molecule has 9 rings (SSSR count). The van der Waals surface area contributed by atoms with E-state index in [0.29, 0.717) is 0 Å². The molecule has 2 heteroatoms. The maximum absolute atomic E-state index is 4.25. The van der Waals surface area contributed by atoms with Gasteiger partial charge in [0.25, 0.3) is 0 Å². The fourth-order valence-electron chi connectivity index (χ4n) is 8.66. The van der Waals surface area contributed by atoms with Gasteiger partial charge in [0.05, 0.1) is 0 Å². The molecule has 0 unspecified atom stereocenters. The third-order valence-electron chi connectivity index (χ3n) is 11.6. The maximum Gasteiger partial charge on any atom is 0.0468 e. The molecule has 0 aliphatic heterocycles. The average Bonchev–Trinajstić information content (AvgIpc) is 3.53. The highest BCUT2D eigenvalue weighted by atomic mass is 15.1. The second kappa shape index (κ2) is 15.8. The number of benzene rings is 8. The van der Waals surface area contributed by atoms with E-state index >= 15 is 0 Å². The van der Waals surface area contributed by atoms with Gasteiger partial charge in [0.1, 0.15) is 0 Å². The zero-order valence-corrected chi connectivity index (χ0v) is 33.6. The normalized spacial score (nSPS) is 12.6. The van der Waals surface area contributed by atoms with Gasteiger partial charge in [-0.3, -0.25) is 0 Å². The molecule has 0 N–H and O–H groups in total. The van der Waals surface area contributed by atoms with Gasteiger partial charge in [0, 0.05) is 39.5 Å². The smallest absolute Gasteiger partial charge is 0.0468 e. The summed E-state index contributed by atoms with van der Waals surface area (Å²) in [6.45, 7) is 13.0. The van der Waals surface area contributed by atoms with Gasteiger partial charge in [0.2, 0.25) is 0 Å². The lowest BCUT2D eigenvalue weighted by molar-refractivity contribution is 0.660. The summed E-state index contributed by atoms with van der Waals surface area (Å²) in [4.78, 5) is 4.62. The molecule has 0 amide bonds. The van der Waals surface area contributed by atoms with E-state index < -0.39 is 0 Å². The molecule has 1 aliphatic carbocycles. The van der Waals surface area contributed by atoms with Crippen LogP contribution in [0.1, 0.15) is 25.0 Å². The van der Waals surface area contributed by atoms with Gasteiger partial charge < -0.3 is 9.80 Å². The molecule has 0 fully saturated rings. The first kappa shape index (κ1) is 37.2. The second-order valence-electron chi connectivity index (χ2n) is 15.5. The molecule has 0 saturated heterocycles. The summed E-state index contributed by atoms with van der Waals surface area (Å²) in [6.07, 6.45) is 5.78. The van der Waals surface area contributed by atoms with Crippen molar-refractivity contribution < 1.29 is 0 Å². The Labute approximate surface area is 349 Å². The predicted octanol–water partition coefficient (Wildman–Crippen LogP) is 15.9. The first-order valence-electron chi connectivity index (χ1n) is 20.2.